The molecule has 6 rings (SSSR count). The largest absolute Gasteiger partial charge is 0.492 e. The third-order valence-electron chi connectivity index (χ3n) is 7.08. The summed E-state index contributed by atoms with van der Waals surface area (Å²) < 4.78 is 11.7. The second kappa shape index (κ2) is 8.50. The minimum Gasteiger partial charge on any atom is -0.492 e. The van der Waals surface area contributed by atoms with E-state index in [-0.39, 0.29) is 5.91 Å². The van der Waals surface area contributed by atoms with E-state index in [1.54, 1.807) is 12.4 Å². The van der Waals surface area contributed by atoms with Crippen molar-refractivity contribution in [2.24, 2.45) is 0 Å². The lowest BCUT2D eigenvalue weighted by atomic mass is 9.95. The number of hydrogen-bond acceptors (Lipinski definition) is 6. The fourth-order valence-corrected chi connectivity index (χ4v) is 4.71. The van der Waals surface area contributed by atoms with Crippen LogP contribution in [0.4, 0.5) is 0 Å². The predicted molar refractivity (Wildman–Crippen MR) is 133 cm³/mol. The zero-order valence-corrected chi connectivity index (χ0v) is 19.9. The van der Waals surface area contributed by atoms with Crippen LogP contribution >= 0.6 is 0 Å². The van der Waals surface area contributed by atoms with Crippen LogP contribution in [0.15, 0.2) is 59.3 Å². The second-order valence-electron chi connectivity index (χ2n) is 9.60. The molecule has 2 aromatic heterocycles. The highest BCUT2D eigenvalue weighted by atomic mass is 16.5. The van der Waals surface area contributed by atoms with Gasteiger partial charge in [-0.15, -0.1) is 0 Å². The van der Waals surface area contributed by atoms with Crippen LogP contribution in [-0.2, 0) is 5.54 Å². The molecule has 0 spiro atoms. The zero-order chi connectivity index (χ0) is 24.0. The number of oxazole rings is 1. The molecule has 2 N–H and O–H groups in total. The fraction of sp³-hybridized carbons (Fsp3) is 0.321. The molecule has 1 aliphatic carbocycles. The van der Waals surface area contributed by atoms with E-state index in [9.17, 15) is 4.79 Å². The normalized spacial score (nSPS) is 18.2. The molecular formula is C28H28N4O3. The van der Waals surface area contributed by atoms with Gasteiger partial charge in [0.2, 0.25) is 0 Å². The maximum atomic E-state index is 13.5. The Hall–Kier alpha value is -3.71. The van der Waals surface area contributed by atoms with Gasteiger partial charge in [0.05, 0.1) is 17.3 Å². The molecule has 7 heteroatoms. The molecule has 0 bridgehead atoms. The van der Waals surface area contributed by atoms with E-state index < -0.39 is 5.54 Å². The van der Waals surface area contributed by atoms with Gasteiger partial charge in [-0.25, -0.2) is 4.98 Å². The highest BCUT2D eigenvalue weighted by Crippen LogP contribution is 2.49. The SMILES string of the molecule is Cc1ncc(-c2cc(C3(NC(=O)c4cc(OC[C@@H]5CCN5)ccc4C)CC3)c3cccnc3c2)o1. The van der Waals surface area contributed by atoms with Gasteiger partial charge in [0.25, 0.3) is 5.91 Å². The fourth-order valence-electron chi connectivity index (χ4n) is 4.71. The van der Waals surface area contributed by atoms with Crippen molar-refractivity contribution in [3.05, 3.63) is 77.4 Å². The molecule has 178 valence electrons. The molecule has 35 heavy (non-hydrogen) atoms. The first-order valence-corrected chi connectivity index (χ1v) is 12.1. The molecule has 2 aliphatic rings. The number of nitrogens with one attached hydrogen (secondary N) is 2. The molecule has 1 aliphatic heterocycles. The van der Waals surface area contributed by atoms with Gasteiger partial charge < -0.3 is 19.8 Å². The molecular weight excluding hydrogens is 440 g/mol. The summed E-state index contributed by atoms with van der Waals surface area (Å²) >= 11 is 0. The summed E-state index contributed by atoms with van der Waals surface area (Å²) in [4.78, 5) is 22.4. The lowest BCUT2D eigenvalue weighted by Gasteiger charge is -2.27. The molecule has 2 fully saturated rings. The third kappa shape index (κ3) is 4.17. The number of carbonyl (C=O) groups excluding carboxylic acids is 1. The number of benzene rings is 2. The van der Waals surface area contributed by atoms with E-state index in [4.69, 9.17) is 9.15 Å². The first kappa shape index (κ1) is 21.8. The van der Waals surface area contributed by atoms with Gasteiger partial charge in [0.1, 0.15) is 12.4 Å². The van der Waals surface area contributed by atoms with Crippen LogP contribution in [-0.4, -0.2) is 35.1 Å². The molecule has 0 unspecified atom stereocenters. The van der Waals surface area contributed by atoms with Crippen LogP contribution < -0.4 is 15.4 Å². The number of aromatic nitrogens is 2. The standard InChI is InChI=1S/C28H28N4O3/c1-17-5-6-21(34-16-20-7-11-29-20)14-23(17)27(33)32-28(8-9-28)24-12-19(26-15-31-18(2)35-26)13-25-22(24)4-3-10-30-25/h3-6,10,12-15,20,29H,7-9,11,16H2,1-2H3,(H,32,33)/t20-/m0/s1. The highest BCUT2D eigenvalue weighted by Gasteiger charge is 2.47. The summed E-state index contributed by atoms with van der Waals surface area (Å²) in [6, 6.07) is 14.2. The van der Waals surface area contributed by atoms with E-state index in [0.29, 0.717) is 29.9 Å². The van der Waals surface area contributed by atoms with Gasteiger partial charge >= 0.3 is 0 Å². The molecule has 7 nitrogen and oxygen atoms in total. The van der Waals surface area contributed by atoms with Gasteiger partial charge in [0.15, 0.2) is 11.7 Å². The molecule has 1 saturated heterocycles. The summed E-state index contributed by atoms with van der Waals surface area (Å²) in [6.07, 6.45) is 6.37. The van der Waals surface area contributed by atoms with E-state index in [2.05, 4.69) is 32.7 Å². The van der Waals surface area contributed by atoms with Crippen LogP contribution in [0, 0.1) is 13.8 Å². The number of amides is 1. The predicted octanol–water partition coefficient (Wildman–Crippen LogP) is 4.67. The number of rotatable bonds is 7. The van der Waals surface area contributed by atoms with E-state index in [1.165, 1.54) is 0 Å². The average Bonchev–Trinajstić information content (AvgIpc) is 3.48. The van der Waals surface area contributed by atoms with Crippen molar-refractivity contribution in [2.75, 3.05) is 13.2 Å². The number of carbonyl (C=O) groups is 1. The van der Waals surface area contributed by atoms with Crippen molar-refractivity contribution in [3.63, 3.8) is 0 Å². The Balaban J connectivity index is 1.31. The van der Waals surface area contributed by atoms with Crippen molar-refractivity contribution < 1.29 is 13.9 Å². The van der Waals surface area contributed by atoms with Crippen molar-refractivity contribution in [3.8, 4) is 17.1 Å². The molecule has 1 amide bonds. The second-order valence-corrected chi connectivity index (χ2v) is 9.60. The first-order chi connectivity index (χ1) is 17.0. The number of ether oxygens (including phenoxy) is 1. The summed E-state index contributed by atoms with van der Waals surface area (Å²) in [5, 5.41) is 7.72. The number of pyridine rings is 1. The third-order valence-corrected chi connectivity index (χ3v) is 7.08. The van der Waals surface area contributed by atoms with Crippen LogP contribution in [0.3, 0.4) is 0 Å². The van der Waals surface area contributed by atoms with Gasteiger partial charge in [0, 0.05) is 35.7 Å². The Morgan fingerprint density at radius 1 is 1.20 bits per heavy atom. The van der Waals surface area contributed by atoms with Crippen LogP contribution in [0.5, 0.6) is 5.75 Å². The first-order valence-electron chi connectivity index (χ1n) is 12.1. The maximum Gasteiger partial charge on any atom is 0.252 e. The van der Waals surface area contributed by atoms with E-state index in [1.807, 2.05) is 44.2 Å². The summed E-state index contributed by atoms with van der Waals surface area (Å²) in [6.45, 7) is 5.44. The van der Waals surface area contributed by atoms with E-state index >= 15 is 0 Å². The Morgan fingerprint density at radius 2 is 2.06 bits per heavy atom. The van der Waals surface area contributed by atoms with Gasteiger partial charge in [-0.2, -0.15) is 0 Å². The van der Waals surface area contributed by atoms with Crippen LogP contribution in [0.25, 0.3) is 22.2 Å². The molecule has 3 heterocycles. The maximum absolute atomic E-state index is 13.5. The van der Waals surface area contributed by atoms with Crippen molar-refractivity contribution in [2.45, 2.75) is 44.7 Å². The van der Waals surface area contributed by atoms with Crippen LogP contribution in [0.1, 0.15) is 46.6 Å². The minimum atomic E-state index is -0.442. The summed E-state index contributed by atoms with van der Waals surface area (Å²) in [5.74, 6) is 1.93. The summed E-state index contributed by atoms with van der Waals surface area (Å²) in [7, 11) is 0. The number of hydrogen-bond donors (Lipinski definition) is 2. The number of fused-ring (bicyclic) bond motifs is 1. The highest BCUT2D eigenvalue weighted by molar-refractivity contribution is 5.98. The van der Waals surface area contributed by atoms with Gasteiger partial charge in [-0.05, 0) is 74.2 Å². The molecule has 2 aromatic carbocycles. The van der Waals surface area contributed by atoms with E-state index in [0.717, 1.165) is 59.2 Å². The number of aryl methyl sites for hydroxylation is 2. The lowest BCUT2D eigenvalue weighted by molar-refractivity contribution is 0.0930. The quantitative estimate of drug-likeness (QED) is 0.410. The average molecular weight is 469 g/mol. The molecule has 1 saturated carbocycles. The van der Waals surface area contributed by atoms with Crippen molar-refractivity contribution in [1.82, 2.24) is 20.6 Å². The summed E-state index contributed by atoms with van der Waals surface area (Å²) in [5.41, 5.74) is 3.95. The Kier molecular flexibility index (Phi) is 5.29. The van der Waals surface area contributed by atoms with Gasteiger partial charge in [-0.1, -0.05) is 12.1 Å². The molecule has 1 atom stereocenters. The number of nitrogens with zero attached hydrogens (tertiary/aromatic N) is 2. The Bertz CT molecular complexity index is 1420. The monoisotopic (exact) mass is 468 g/mol. The van der Waals surface area contributed by atoms with Crippen molar-refractivity contribution in [1.29, 1.82) is 0 Å². The smallest absolute Gasteiger partial charge is 0.252 e. The minimum absolute atomic E-state index is 0.0924. The molecule has 4 aromatic rings. The topological polar surface area (TPSA) is 89.3 Å². The van der Waals surface area contributed by atoms with Crippen LogP contribution in [0.2, 0.25) is 0 Å². The Morgan fingerprint density at radius 3 is 2.77 bits per heavy atom. The lowest BCUT2D eigenvalue weighted by Crippen LogP contribution is -2.46. The van der Waals surface area contributed by atoms with Crippen molar-refractivity contribution >= 4 is 16.8 Å². The molecule has 0 radical (unpaired) electrons. The Labute approximate surface area is 203 Å². The zero-order valence-electron chi connectivity index (χ0n) is 19.9. The van der Waals surface area contributed by atoms with Gasteiger partial charge in [-0.3, -0.25) is 9.78 Å².